The second-order valence-corrected chi connectivity index (χ2v) is 6.00. The standard InChI is InChI=1S/C21H21NO4/c1-25-20(23)14-17-15-22(19-12-6-5-11-18(17)19)21(24)26-13-7-10-16-8-3-2-4-9-16/h2-6,8-9,11-12,15H,7,10,13-14H2,1H3. The molecule has 134 valence electrons. The number of aromatic nitrogens is 1. The predicted octanol–water partition coefficient (Wildman–Crippen LogP) is 3.97. The van der Waals surface area contributed by atoms with Crippen LogP contribution < -0.4 is 0 Å². The number of ether oxygens (including phenoxy) is 2. The Kier molecular flexibility index (Phi) is 5.69. The molecule has 1 heterocycles. The number of rotatable bonds is 6. The minimum absolute atomic E-state index is 0.116. The third-order valence-corrected chi connectivity index (χ3v) is 4.23. The van der Waals surface area contributed by atoms with E-state index in [0.717, 1.165) is 29.3 Å². The Balaban J connectivity index is 1.67. The van der Waals surface area contributed by atoms with E-state index in [1.807, 2.05) is 42.5 Å². The number of hydrogen-bond acceptors (Lipinski definition) is 4. The molecule has 0 bridgehead atoms. The molecule has 0 fully saturated rings. The molecule has 2 aromatic carbocycles. The number of nitrogens with zero attached hydrogens (tertiary/aromatic N) is 1. The highest BCUT2D eigenvalue weighted by molar-refractivity contribution is 5.93. The number of carbonyl (C=O) groups excluding carboxylic acids is 2. The van der Waals surface area contributed by atoms with Crippen LogP contribution in [0.15, 0.2) is 60.8 Å². The van der Waals surface area contributed by atoms with Crippen molar-refractivity contribution in [2.24, 2.45) is 0 Å². The Morgan fingerprint density at radius 1 is 1.00 bits per heavy atom. The van der Waals surface area contributed by atoms with Crippen molar-refractivity contribution in [3.8, 4) is 0 Å². The normalized spacial score (nSPS) is 10.7. The van der Waals surface area contributed by atoms with E-state index in [1.54, 1.807) is 6.20 Å². The van der Waals surface area contributed by atoms with Gasteiger partial charge in [-0.1, -0.05) is 48.5 Å². The van der Waals surface area contributed by atoms with Crippen LogP contribution in [0.5, 0.6) is 0 Å². The SMILES string of the molecule is COC(=O)Cc1cn(C(=O)OCCCc2ccccc2)c2ccccc12. The number of methoxy groups -OCH3 is 1. The highest BCUT2D eigenvalue weighted by Crippen LogP contribution is 2.22. The molecule has 0 amide bonds. The van der Waals surface area contributed by atoms with Gasteiger partial charge in [-0.3, -0.25) is 9.36 Å². The summed E-state index contributed by atoms with van der Waals surface area (Å²) in [7, 11) is 1.35. The van der Waals surface area contributed by atoms with Crippen LogP contribution >= 0.6 is 0 Å². The first-order valence-electron chi connectivity index (χ1n) is 8.56. The predicted molar refractivity (Wildman–Crippen MR) is 99.2 cm³/mol. The number of para-hydroxylation sites is 1. The summed E-state index contributed by atoms with van der Waals surface area (Å²) in [6.07, 6.45) is 2.94. The molecule has 0 aliphatic carbocycles. The first-order chi connectivity index (χ1) is 12.7. The van der Waals surface area contributed by atoms with E-state index in [9.17, 15) is 9.59 Å². The Morgan fingerprint density at radius 3 is 2.50 bits per heavy atom. The van der Waals surface area contributed by atoms with E-state index < -0.39 is 6.09 Å². The zero-order chi connectivity index (χ0) is 18.4. The van der Waals surface area contributed by atoms with Crippen molar-refractivity contribution >= 4 is 23.0 Å². The van der Waals surface area contributed by atoms with Gasteiger partial charge in [-0.15, -0.1) is 0 Å². The molecule has 0 aliphatic rings. The molecule has 0 aliphatic heterocycles. The van der Waals surface area contributed by atoms with Crippen LogP contribution in [0.2, 0.25) is 0 Å². The molecule has 0 N–H and O–H groups in total. The first-order valence-corrected chi connectivity index (χ1v) is 8.56. The summed E-state index contributed by atoms with van der Waals surface area (Å²) in [5.74, 6) is -0.343. The summed E-state index contributed by atoms with van der Waals surface area (Å²) >= 11 is 0. The van der Waals surface area contributed by atoms with E-state index in [4.69, 9.17) is 9.47 Å². The molecule has 0 saturated heterocycles. The molecule has 0 unspecified atom stereocenters. The van der Waals surface area contributed by atoms with Gasteiger partial charge in [-0.25, -0.2) is 4.79 Å². The molecular weight excluding hydrogens is 330 g/mol. The molecule has 0 spiro atoms. The van der Waals surface area contributed by atoms with Crippen molar-refractivity contribution in [3.63, 3.8) is 0 Å². The second-order valence-electron chi connectivity index (χ2n) is 6.00. The molecule has 26 heavy (non-hydrogen) atoms. The molecule has 1 aromatic heterocycles. The maximum Gasteiger partial charge on any atom is 0.418 e. The summed E-state index contributed by atoms with van der Waals surface area (Å²) in [4.78, 5) is 24.1. The van der Waals surface area contributed by atoms with Crippen molar-refractivity contribution in [3.05, 3.63) is 71.9 Å². The number of carbonyl (C=O) groups is 2. The maximum atomic E-state index is 12.5. The van der Waals surface area contributed by atoms with Gasteiger partial charge in [-0.2, -0.15) is 0 Å². The van der Waals surface area contributed by atoms with E-state index in [-0.39, 0.29) is 12.4 Å². The fourth-order valence-electron chi connectivity index (χ4n) is 2.92. The first kappa shape index (κ1) is 17.7. The smallest absolute Gasteiger partial charge is 0.418 e. The van der Waals surface area contributed by atoms with E-state index in [2.05, 4.69) is 12.1 Å². The summed E-state index contributed by atoms with van der Waals surface area (Å²) in [6.45, 7) is 0.340. The highest BCUT2D eigenvalue weighted by Gasteiger charge is 2.16. The van der Waals surface area contributed by atoms with Crippen LogP contribution in [-0.2, 0) is 27.1 Å². The largest absolute Gasteiger partial charge is 0.469 e. The summed E-state index contributed by atoms with van der Waals surface area (Å²) < 4.78 is 11.6. The average Bonchev–Trinajstić information content (AvgIpc) is 3.04. The fourth-order valence-corrected chi connectivity index (χ4v) is 2.92. The van der Waals surface area contributed by atoms with E-state index >= 15 is 0 Å². The maximum absolute atomic E-state index is 12.5. The lowest BCUT2D eigenvalue weighted by Crippen LogP contribution is -2.14. The van der Waals surface area contributed by atoms with Crippen LogP contribution in [0.25, 0.3) is 10.9 Å². The van der Waals surface area contributed by atoms with Gasteiger partial charge in [-0.05, 0) is 30.0 Å². The highest BCUT2D eigenvalue weighted by atomic mass is 16.5. The summed E-state index contributed by atoms with van der Waals surface area (Å²) in [5.41, 5.74) is 2.68. The molecule has 0 atom stereocenters. The molecule has 3 rings (SSSR count). The number of aryl methyl sites for hydroxylation is 1. The lowest BCUT2D eigenvalue weighted by atomic mass is 10.1. The number of fused-ring (bicyclic) bond motifs is 1. The van der Waals surface area contributed by atoms with Crippen molar-refractivity contribution in [2.75, 3.05) is 13.7 Å². The minimum Gasteiger partial charge on any atom is -0.469 e. The molecule has 0 radical (unpaired) electrons. The third-order valence-electron chi connectivity index (χ3n) is 4.23. The Morgan fingerprint density at radius 2 is 1.73 bits per heavy atom. The minimum atomic E-state index is -0.439. The van der Waals surface area contributed by atoms with Crippen molar-refractivity contribution in [2.45, 2.75) is 19.3 Å². The van der Waals surface area contributed by atoms with Crippen molar-refractivity contribution in [1.82, 2.24) is 4.57 Å². The van der Waals surface area contributed by atoms with Crippen LogP contribution in [0.4, 0.5) is 4.79 Å². The Labute approximate surface area is 152 Å². The van der Waals surface area contributed by atoms with Crippen molar-refractivity contribution < 1.29 is 19.1 Å². The number of benzene rings is 2. The van der Waals surface area contributed by atoms with E-state index in [1.165, 1.54) is 17.2 Å². The third kappa shape index (κ3) is 4.11. The monoisotopic (exact) mass is 351 g/mol. The van der Waals surface area contributed by atoms with Gasteiger partial charge >= 0.3 is 12.1 Å². The van der Waals surface area contributed by atoms with Crippen LogP contribution in [0, 0.1) is 0 Å². The van der Waals surface area contributed by atoms with Gasteiger partial charge in [0.25, 0.3) is 0 Å². The van der Waals surface area contributed by atoms with Crippen LogP contribution in [-0.4, -0.2) is 30.3 Å². The molecule has 5 heteroatoms. The molecule has 5 nitrogen and oxygen atoms in total. The van der Waals surface area contributed by atoms with E-state index in [0.29, 0.717) is 6.61 Å². The fraction of sp³-hybridized carbons (Fsp3) is 0.238. The second kappa shape index (κ2) is 8.34. The average molecular weight is 351 g/mol. The van der Waals surface area contributed by atoms with Gasteiger partial charge in [0.2, 0.25) is 0 Å². The van der Waals surface area contributed by atoms with Gasteiger partial charge < -0.3 is 9.47 Å². The van der Waals surface area contributed by atoms with Gasteiger partial charge in [0.05, 0.1) is 25.7 Å². The topological polar surface area (TPSA) is 57.5 Å². The Bertz CT molecular complexity index is 899. The lowest BCUT2D eigenvalue weighted by Gasteiger charge is -2.06. The zero-order valence-corrected chi connectivity index (χ0v) is 14.7. The number of esters is 1. The zero-order valence-electron chi connectivity index (χ0n) is 14.7. The summed E-state index contributed by atoms with van der Waals surface area (Å²) in [6, 6.07) is 17.5. The van der Waals surface area contributed by atoms with Gasteiger partial charge in [0.1, 0.15) is 0 Å². The lowest BCUT2D eigenvalue weighted by molar-refractivity contribution is -0.139. The van der Waals surface area contributed by atoms with Gasteiger partial charge in [0, 0.05) is 11.6 Å². The summed E-state index contributed by atoms with van der Waals surface area (Å²) in [5, 5.41) is 0.846. The Hall–Kier alpha value is -3.08. The quantitative estimate of drug-likeness (QED) is 0.498. The molecule has 3 aromatic rings. The molecular formula is C21H21NO4. The number of hydrogen-bond donors (Lipinski definition) is 0. The molecule has 0 saturated carbocycles. The van der Waals surface area contributed by atoms with Crippen LogP contribution in [0.3, 0.4) is 0 Å². The van der Waals surface area contributed by atoms with Gasteiger partial charge in [0.15, 0.2) is 0 Å². The van der Waals surface area contributed by atoms with Crippen molar-refractivity contribution in [1.29, 1.82) is 0 Å². The van der Waals surface area contributed by atoms with Crippen LogP contribution in [0.1, 0.15) is 17.5 Å².